The van der Waals surface area contributed by atoms with E-state index < -0.39 is 0 Å². The third-order valence-electron chi connectivity index (χ3n) is 4.24. The molecule has 0 atom stereocenters. The van der Waals surface area contributed by atoms with E-state index in [-0.39, 0.29) is 5.91 Å². The number of thioether (sulfide) groups is 1. The lowest BCUT2D eigenvalue weighted by atomic mass is 10.1. The Morgan fingerprint density at radius 2 is 1.78 bits per heavy atom. The molecule has 3 rings (SSSR count). The van der Waals surface area contributed by atoms with E-state index in [1.165, 1.54) is 11.1 Å². The Morgan fingerprint density at radius 1 is 1.11 bits per heavy atom. The van der Waals surface area contributed by atoms with Crippen molar-refractivity contribution >= 4 is 39.4 Å². The highest BCUT2D eigenvalue weighted by atomic mass is 79.9. The number of benzene rings is 2. The molecule has 0 saturated carbocycles. The molecule has 1 aromatic heterocycles. The molecule has 4 nitrogen and oxygen atoms in total. The fourth-order valence-electron chi connectivity index (χ4n) is 2.88. The van der Waals surface area contributed by atoms with Crippen LogP contribution in [-0.4, -0.2) is 21.4 Å². The van der Waals surface area contributed by atoms with E-state index >= 15 is 0 Å². The first-order chi connectivity index (χ1) is 12.9. The largest absolute Gasteiger partial charge is 0.310 e. The van der Waals surface area contributed by atoms with Gasteiger partial charge in [0, 0.05) is 22.8 Å². The first kappa shape index (κ1) is 19.7. The van der Waals surface area contributed by atoms with Gasteiger partial charge in [-0.3, -0.25) is 9.48 Å². The van der Waals surface area contributed by atoms with Gasteiger partial charge in [-0.2, -0.15) is 5.10 Å². The lowest BCUT2D eigenvalue weighted by Gasteiger charge is -2.09. The molecule has 0 bridgehead atoms. The molecule has 0 aliphatic carbocycles. The number of amides is 1. The minimum Gasteiger partial charge on any atom is -0.310 e. The van der Waals surface area contributed by atoms with E-state index in [9.17, 15) is 4.79 Å². The van der Waals surface area contributed by atoms with Crippen molar-refractivity contribution in [1.29, 1.82) is 0 Å². The van der Waals surface area contributed by atoms with Gasteiger partial charge in [0.15, 0.2) is 0 Å². The summed E-state index contributed by atoms with van der Waals surface area (Å²) in [7, 11) is 1.85. The van der Waals surface area contributed by atoms with E-state index in [0.29, 0.717) is 5.75 Å². The van der Waals surface area contributed by atoms with Crippen LogP contribution in [0.5, 0.6) is 0 Å². The summed E-state index contributed by atoms with van der Waals surface area (Å²) < 4.78 is 2.75. The molecular weight excluding hydrogens is 422 g/mol. The number of halogens is 1. The molecule has 2 aromatic carbocycles. The summed E-state index contributed by atoms with van der Waals surface area (Å²) >= 11 is 5.07. The maximum Gasteiger partial charge on any atom is 0.235 e. The van der Waals surface area contributed by atoms with Gasteiger partial charge >= 0.3 is 0 Å². The van der Waals surface area contributed by atoms with Crippen LogP contribution in [0.25, 0.3) is 11.1 Å². The first-order valence-electron chi connectivity index (χ1n) is 8.66. The zero-order valence-corrected chi connectivity index (χ0v) is 18.0. The van der Waals surface area contributed by atoms with Crippen molar-refractivity contribution in [3.05, 3.63) is 69.8 Å². The zero-order chi connectivity index (χ0) is 19.4. The third-order valence-corrected chi connectivity index (χ3v) is 5.77. The quantitative estimate of drug-likeness (QED) is 0.559. The molecule has 0 radical (unpaired) electrons. The number of anilines is 1. The molecule has 0 aliphatic heterocycles. The summed E-state index contributed by atoms with van der Waals surface area (Å²) in [5.74, 6) is 1.93. The number of aromatic nitrogens is 2. The molecular formula is C21H22BrN3OS. The number of nitrogens with zero attached hydrogens (tertiary/aromatic N) is 2. The molecule has 1 amide bonds. The smallest absolute Gasteiger partial charge is 0.235 e. The molecule has 1 N–H and O–H groups in total. The summed E-state index contributed by atoms with van der Waals surface area (Å²) in [4.78, 5) is 12.5. The minimum absolute atomic E-state index is 0.0199. The second-order valence-electron chi connectivity index (χ2n) is 6.47. The molecule has 3 aromatic rings. The number of aryl methyl sites for hydroxylation is 3. The number of hydrogen-bond acceptors (Lipinski definition) is 3. The van der Waals surface area contributed by atoms with Crippen molar-refractivity contribution in [3.8, 4) is 11.1 Å². The Labute approximate surface area is 172 Å². The fourth-order valence-corrected chi connectivity index (χ4v) is 3.93. The van der Waals surface area contributed by atoms with Crippen molar-refractivity contribution < 1.29 is 4.79 Å². The summed E-state index contributed by atoms with van der Waals surface area (Å²) in [6.45, 7) is 4.03. The van der Waals surface area contributed by atoms with E-state index in [4.69, 9.17) is 0 Å². The highest BCUT2D eigenvalue weighted by Crippen LogP contribution is 2.32. The highest BCUT2D eigenvalue weighted by Gasteiger charge is 2.17. The monoisotopic (exact) mass is 443 g/mol. The van der Waals surface area contributed by atoms with Crippen molar-refractivity contribution in [2.24, 2.45) is 7.05 Å². The van der Waals surface area contributed by atoms with Crippen LogP contribution in [0.1, 0.15) is 16.8 Å². The number of rotatable bonds is 6. The van der Waals surface area contributed by atoms with Crippen LogP contribution in [0.4, 0.5) is 5.82 Å². The van der Waals surface area contributed by atoms with Gasteiger partial charge in [0.25, 0.3) is 0 Å². The zero-order valence-electron chi connectivity index (χ0n) is 15.6. The van der Waals surface area contributed by atoms with Crippen molar-refractivity contribution in [2.75, 3.05) is 11.1 Å². The van der Waals surface area contributed by atoms with Crippen molar-refractivity contribution in [1.82, 2.24) is 9.78 Å². The van der Waals surface area contributed by atoms with Gasteiger partial charge in [-0.25, -0.2) is 0 Å². The van der Waals surface area contributed by atoms with Gasteiger partial charge in [-0.15, -0.1) is 11.8 Å². The van der Waals surface area contributed by atoms with Crippen LogP contribution in [0.2, 0.25) is 0 Å². The van der Waals surface area contributed by atoms with Gasteiger partial charge < -0.3 is 5.32 Å². The van der Waals surface area contributed by atoms with E-state index in [0.717, 1.165) is 32.9 Å². The number of hydrogen-bond donors (Lipinski definition) is 1. The SMILES string of the molecule is Cc1ccc(CSCC(=O)Nc2c(-c3ccc(Br)cc3)c(C)nn2C)cc1. The number of nitrogens with one attached hydrogen (secondary N) is 1. The van der Waals surface area contributed by atoms with Crippen molar-refractivity contribution in [2.45, 2.75) is 19.6 Å². The second kappa shape index (κ2) is 8.76. The van der Waals surface area contributed by atoms with E-state index in [1.54, 1.807) is 16.4 Å². The average Bonchev–Trinajstić information content (AvgIpc) is 2.91. The summed E-state index contributed by atoms with van der Waals surface area (Å²) in [6.07, 6.45) is 0. The predicted octanol–water partition coefficient (Wildman–Crippen LogP) is 5.34. The summed E-state index contributed by atoms with van der Waals surface area (Å²) in [6, 6.07) is 16.4. The summed E-state index contributed by atoms with van der Waals surface area (Å²) in [5.41, 5.74) is 5.36. The van der Waals surface area contributed by atoms with Gasteiger partial charge in [0.05, 0.1) is 11.4 Å². The molecule has 1 heterocycles. The Morgan fingerprint density at radius 3 is 2.44 bits per heavy atom. The molecule has 0 aliphatic rings. The standard InChI is InChI=1S/C21H22BrN3OS/c1-14-4-6-16(7-5-14)12-27-13-19(26)23-21-20(15(2)24-25(21)3)17-8-10-18(22)11-9-17/h4-11H,12-13H2,1-3H3,(H,23,26). The molecule has 0 unspecified atom stereocenters. The summed E-state index contributed by atoms with van der Waals surface area (Å²) in [5, 5.41) is 7.52. The topological polar surface area (TPSA) is 46.9 Å². The average molecular weight is 444 g/mol. The maximum absolute atomic E-state index is 12.5. The normalized spacial score (nSPS) is 10.8. The van der Waals surface area contributed by atoms with Gasteiger partial charge in [0.1, 0.15) is 5.82 Å². The number of carbonyl (C=O) groups excluding carboxylic acids is 1. The van der Waals surface area contributed by atoms with Crippen LogP contribution >= 0.6 is 27.7 Å². The fraction of sp³-hybridized carbons (Fsp3) is 0.238. The van der Waals surface area contributed by atoms with Gasteiger partial charge in [0.2, 0.25) is 5.91 Å². The third kappa shape index (κ3) is 5.02. The minimum atomic E-state index is -0.0199. The highest BCUT2D eigenvalue weighted by molar-refractivity contribution is 9.10. The lowest BCUT2D eigenvalue weighted by Crippen LogP contribution is -2.17. The number of carbonyl (C=O) groups is 1. The van der Waals surface area contributed by atoms with Gasteiger partial charge in [-0.1, -0.05) is 57.9 Å². The molecule has 140 valence electrons. The van der Waals surface area contributed by atoms with Crippen LogP contribution in [0, 0.1) is 13.8 Å². The van der Waals surface area contributed by atoms with Crippen LogP contribution < -0.4 is 5.32 Å². The molecule has 27 heavy (non-hydrogen) atoms. The Hall–Kier alpha value is -2.05. The van der Waals surface area contributed by atoms with Crippen molar-refractivity contribution in [3.63, 3.8) is 0 Å². The molecule has 0 saturated heterocycles. The molecule has 0 spiro atoms. The molecule has 6 heteroatoms. The Balaban J connectivity index is 1.67. The Kier molecular flexibility index (Phi) is 6.39. The van der Waals surface area contributed by atoms with Crippen LogP contribution in [0.15, 0.2) is 53.0 Å². The van der Waals surface area contributed by atoms with Crippen LogP contribution in [0.3, 0.4) is 0 Å². The Bertz CT molecular complexity index is 933. The predicted molar refractivity (Wildman–Crippen MR) is 117 cm³/mol. The van der Waals surface area contributed by atoms with E-state index in [1.807, 2.05) is 38.2 Å². The maximum atomic E-state index is 12.5. The van der Waals surface area contributed by atoms with Gasteiger partial charge in [-0.05, 0) is 37.1 Å². The second-order valence-corrected chi connectivity index (χ2v) is 8.37. The van der Waals surface area contributed by atoms with E-state index in [2.05, 4.69) is 57.5 Å². The van der Waals surface area contributed by atoms with Crippen LogP contribution in [-0.2, 0) is 17.6 Å². The lowest BCUT2D eigenvalue weighted by molar-refractivity contribution is -0.113. The molecule has 0 fully saturated rings. The first-order valence-corrected chi connectivity index (χ1v) is 10.6.